The van der Waals surface area contributed by atoms with Crippen LogP contribution < -0.4 is 4.74 Å². The molecule has 3 rings (SSSR count). The zero-order valence-corrected chi connectivity index (χ0v) is 10.4. The van der Waals surface area contributed by atoms with Crippen molar-refractivity contribution < 1.29 is 9.47 Å². The second-order valence-corrected chi connectivity index (χ2v) is 4.59. The van der Waals surface area contributed by atoms with Gasteiger partial charge in [0.25, 0.3) is 0 Å². The van der Waals surface area contributed by atoms with Gasteiger partial charge in [0, 0.05) is 0 Å². The molecule has 0 unspecified atom stereocenters. The van der Waals surface area contributed by atoms with Crippen molar-refractivity contribution >= 4 is 0 Å². The number of epoxide rings is 1. The average Bonchev–Trinajstić information content (AvgIpc) is 3.23. The van der Waals surface area contributed by atoms with Gasteiger partial charge in [-0.1, -0.05) is 48.5 Å². The molecule has 2 heteroatoms. The average molecular weight is 240 g/mol. The zero-order chi connectivity index (χ0) is 12.4. The first kappa shape index (κ1) is 11.3. The van der Waals surface area contributed by atoms with Crippen LogP contribution in [-0.4, -0.2) is 12.7 Å². The monoisotopic (exact) mass is 240 g/mol. The first-order chi connectivity index (χ1) is 8.84. The minimum absolute atomic E-state index is 0.00713. The van der Waals surface area contributed by atoms with E-state index in [-0.39, 0.29) is 12.2 Å². The van der Waals surface area contributed by atoms with E-state index in [1.54, 1.807) is 0 Å². The minimum atomic E-state index is -0.00713. The predicted octanol–water partition coefficient (Wildman–Crippen LogP) is 3.51. The lowest BCUT2D eigenvalue weighted by atomic mass is 10.1. The highest BCUT2D eigenvalue weighted by molar-refractivity contribution is 5.33. The summed E-state index contributed by atoms with van der Waals surface area (Å²) in [6.07, 6.45) is 0.180. The van der Waals surface area contributed by atoms with Crippen molar-refractivity contribution in [2.75, 3.05) is 6.61 Å². The van der Waals surface area contributed by atoms with Crippen LogP contribution in [0, 0.1) is 6.92 Å². The topological polar surface area (TPSA) is 21.8 Å². The number of rotatable bonds is 4. The van der Waals surface area contributed by atoms with Crippen LogP contribution in [0.2, 0.25) is 0 Å². The van der Waals surface area contributed by atoms with Crippen LogP contribution in [0.25, 0.3) is 0 Å². The summed E-state index contributed by atoms with van der Waals surface area (Å²) in [5.41, 5.74) is 2.32. The SMILES string of the molecule is Cc1ccccc1O[C@@H](c1ccccc1)[C@@H]1CO1. The van der Waals surface area contributed by atoms with E-state index < -0.39 is 0 Å². The van der Waals surface area contributed by atoms with Crippen LogP contribution in [-0.2, 0) is 4.74 Å². The summed E-state index contributed by atoms with van der Waals surface area (Å²) < 4.78 is 11.5. The molecule has 2 aromatic rings. The van der Waals surface area contributed by atoms with E-state index in [0.29, 0.717) is 0 Å². The van der Waals surface area contributed by atoms with Crippen molar-refractivity contribution in [2.24, 2.45) is 0 Å². The molecule has 0 saturated carbocycles. The summed E-state index contributed by atoms with van der Waals surface area (Å²) >= 11 is 0. The zero-order valence-electron chi connectivity index (χ0n) is 10.4. The van der Waals surface area contributed by atoms with Gasteiger partial charge in [-0.2, -0.15) is 0 Å². The Morgan fingerprint density at radius 2 is 1.72 bits per heavy atom. The van der Waals surface area contributed by atoms with E-state index in [1.165, 1.54) is 5.56 Å². The van der Waals surface area contributed by atoms with Crippen LogP contribution in [0.5, 0.6) is 5.75 Å². The Morgan fingerprint density at radius 1 is 1.06 bits per heavy atom. The highest BCUT2D eigenvalue weighted by Gasteiger charge is 2.35. The molecule has 2 nitrogen and oxygen atoms in total. The molecular weight excluding hydrogens is 224 g/mol. The van der Waals surface area contributed by atoms with Gasteiger partial charge in [0.2, 0.25) is 0 Å². The van der Waals surface area contributed by atoms with E-state index in [4.69, 9.17) is 9.47 Å². The molecule has 2 aromatic carbocycles. The molecule has 92 valence electrons. The van der Waals surface area contributed by atoms with Gasteiger partial charge in [0.1, 0.15) is 11.9 Å². The summed E-state index contributed by atoms with van der Waals surface area (Å²) in [5, 5.41) is 0. The Balaban J connectivity index is 1.86. The summed E-state index contributed by atoms with van der Waals surface area (Å²) in [4.78, 5) is 0. The fourth-order valence-corrected chi connectivity index (χ4v) is 2.06. The third-order valence-electron chi connectivity index (χ3n) is 3.17. The van der Waals surface area contributed by atoms with Crippen LogP contribution in [0.3, 0.4) is 0 Å². The lowest BCUT2D eigenvalue weighted by molar-refractivity contribution is 0.160. The fraction of sp³-hybridized carbons (Fsp3) is 0.250. The number of para-hydroxylation sites is 1. The Morgan fingerprint density at radius 3 is 2.39 bits per heavy atom. The Bertz CT molecular complexity index is 518. The lowest BCUT2D eigenvalue weighted by Gasteiger charge is -2.19. The van der Waals surface area contributed by atoms with E-state index in [0.717, 1.165) is 17.9 Å². The first-order valence-corrected chi connectivity index (χ1v) is 6.23. The highest BCUT2D eigenvalue weighted by Crippen LogP contribution is 2.33. The molecule has 0 aromatic heterocycles. The van der Waals surface area contributed by atoms with Crippen molar-refractivity contribution in [3.63, 3.8) is 0 Å². The maximum atomic E-state index is 6.13. The number of ether oxygens (including phenoxy) is 2. The summed E-state index contributed by atoms with van der Waals surface area (Å²) in [7, 11) is 0. The van der Waals surface area contributed by atoms with Crippen molar-refractivity contribution in [2.45, 2.75) is 19.1 Å². The summed E-state index contributed by atoms with van der Waals surface area (Å²) in [6.45, 7) is 2.84. The van der Waals surface area contributed by atoms with Gasteiger partial charge < -0.3 is 9.47 Å². The molecule has 0 spiro atoms. The Labute approximate surface area is 107 Å². The van der Waals surface area contributed by atoms with Gasteiger partial charge in [-0.05, 0) is 24.1 Å². The standard InChI is InChI=1S/C16H16O2/c1-12-7-5-6-10-14(12)18-16(15-11-17-15)13-8-3-2-4-9-13/h2-10,15-16H,11H2,1H3/t15-,16-/m0/s1. The van der Waals surface area contributed by atoms with Crippen molar-refractivity contribution in [3.8, 4) is 5.75 Å². The molecule has 18 heavy (non-hydrogen) atoms. The van der Waals surface area contributed by atoms with E-state index >= 15 is 0 Å². The van der Waals surface area contributed by atoms with Gasteiger partial charge >= 0.3 is 0 Å². The molecule has 1 saturated heterocycles. The van der Waals surface area contributed by atoms with E-state index in [2.05, 4.69) is 25.1 Å². The van der Waals surface area contributed by atoms with Gasteiger partial charge in [-0.3, -0.25) is 0 Å². The molecule has 1 fully saturated rings. The maximum Gasteiger partial charge on any atom is 0.152 e. The molecule has 0 N–H and O–H groups in total. The molecule has 2 atom stereocenters. The molecular formula is C16H16O2. The molecule has 0 radical (unpaired) electrons. The van der Waals surface area contributed by atoms with Crippen LogP contribution in [0.1, 0.15) is 17.2 Å². The maximum absolute atomic E-state index is 6.13. The smallest absolute Gasteiger partial charge is 0.152 e. The predicted molar refractivity (Wildman–Crippen MR) is 70.7 cm³/mol. The lowest BCUT2D eigenvalue weighted by Crippen LogP contribution is -2.14. The van der Waals surface area contributed by atoms with Crippen LogP contribution in [0.4, 0.5) is 0 Å². The van der Waals surface area contributed by atoms with Crippen molar-refractivity contribution in [1.82, 2.24) is 0 Å². The summed E-state index contributed by atoms with van der Waals surface area (Å²) in [5.74, 6) is 0.932. The van der Waals surface area contributed by atoms with Crippen LogP contribution >= 0.6 is 0 Å². The number of hydrogen-bond acceptors (Lipinski definition) is 2. The largest absolute Gasteiger partial charge is 0.483 e. The summed E-state index contributed by atoms with van der Waals surface area (Å²) in [6, 6.07) is 18.3. The molecule has 0 amide bonds. The second-order valence-electron chi connectivity index (χ2n) is 4.59. The second kappa shape index (κ2) is 4.83. The molecule has 1 heterocycles. The molecule has 0 bridgehead atoms. The minimum Gasteiger partial charge on any atom is -0.483 e. The van der Waals surface area contributed by atoms with E-state index in [1.807, 2.05) is 36.4 Å². The van der Waals surface area contributed by atoms with Gasteiger partial charge in [0.15, 0.2) is 6.10 Å². The Hall–Kier alpha value is -1.80. The Kier molecular flexibility index (Phi) is 3.03. The van der Waals surface area contributed by atoms with Crippen molar-refractivity contribution in [3.05, 3.63) is 65.7 Å². The molecule has 1 aliphatic rings. The third-order valence-corrected chi connectivity index (χ3v) is 3.17. The van der Waals surface area contributed by atoms with Gasteiger partial charge in [0.05, 0.1) is 6.61 Å². The highest BCUT2D eigenvalue weighted by atomic mass is 16.6. The van der Waals surface area contributed by atoms with Gasteiger partial charge in [-0.15, -0.1) is 0 Å². The molecule has 1 aliphatic heterocycles. The number of hydrogen-bond donors (Lipinski definition) is 0. The normalized spacial score (nSPS) is 19.3. The number of benzene rings is 2. The first-order valence-electron chi connectivity index (χ1n) is 6.23. The van der Waals surface area contributed by atoms with Crippen LogP contribution in [0.15, 0.2) is 54.6 Å². The van der Waals surface area contributed by atoms with Gasteiger partial charge in [-0.25, -0.2) is 0 Å². The van der Waals surface area contributed by atoms with Crippen molar-refractivity contribution in [1.29, 1.82) is 0 Å². The quantitative estimate of drug-likeness (QED) is 0.763. The molecule has 0 aliphatic carbocycles. The third kappa shape index (κ3) is 2.39. The van der Waals surface area contributed by atoms with E-state index in [9.17, 15) is 0 Å². The number of aryl methyl sites for hydroxylation is 1. The fourth-order valence-electron chi connectivity index (χ4n) is 2.06.